The summed E-state index contributed by atoms with van der Waals surface area (Å²) in [4.78, 5) is 24.5. The molecule has 0 aromatic carbocycles. The lowest BCUT2D eigenvalue weighted by molar-refractivity contribution is -0.124. The summed E-state index contributed by atoms with van der Waals surface area (Å²) in [6.45, 7) is 12.6. The maximum atomic E-state index is 13.2. The van der Waals surface area contributed by atoms with Crippen LogP contribution in [0, 0.1) is 13.8 Å². The number of rotatable bonds is 2. The van der Waals surface area contributed by atoms with Crippen LogP contribution in [-0.4, -0.2) is 73.2 Å². The van der Waals surface area contributed by atoms with Crippen molar-refractivity contribution in [2.45, 2.75) is 52.5 Å². The molecule has 168 valence electrons. The molecule has 7 nitrogen and oxygen atoms in total. The van der Waals surface area contributed by atoms with Gasteiger partial charge in [0.05, 0.1) is 40.3 Å². The number of allylic oxidation sites excluding steroid dienone is 1. The van der Waals surface area contributed by atoms with E-state index in [1.165, 1.54) is 5.57 Å². The molecule has 0 aliphatic carbocycles. The second-order valence-corrected chi connectivity index (χ2v) is 10.8. The van der Waals surface area contributed by atoms with E-state index in [9.17, 15) is 4.79 Å². The van der Waals surface area contributed by atoms with Gasteiger partial charge in [-0.25, -0.2) is 4.52 Å². The van der Waals surface area contributed by atoms with Crippen molar-refractivity contribution in [2.24, 2.45) is 0 Å². The Balaban J connectivity index is 1.45. The third-order valence-electron chi connectivity index (χ3n) is 6.93. The van der Waals surface area contributed by atoms with Gasteiger partial charge in [0.2, 0.25) is 0 Å². The molecule has 0 spiro atoms. The van der Waals surface area contributed by atoms with Gasteiger partial charge in [-0.1, -0.05) is 8.58 Å². The molecule has 32 heavy (non-hydrogen) atoms. The molecule has 4 atom stereocenters. The van der Waals surface area contributed by atoms with Crippen molar-refractivity contribution in [3.8, 4) is 0 Å². The Kier molecular flexibility index (Phi) is 5.22. The summed E-state index contributed by atoms with van der Waals surface area (Å²) in [6, 6.07) is 3.01. The first-order valence-corrected chi connectivity index (χ1v) is 12.3. The first kappa shape index (κ1) is 21.4. The number of aryl methyl sites for hydroxylation is 2. The summed E-state index contributed by atoms with van der Waals surface area (Å²) in [7, 11) is 2.65. The predicted octanol–water partition coefficient (Wildman–Crippen LogP) is 3.36. The van der Waals surface area contributed by atoms with Crippen LogP contribution in [0.2, 0.25) is 0 Å². The minimum Gasteiger partial charge on any atom is -0.367 e. The van der Waals surface area contributed by atoms with Crippen LogP contribution in [0.5, 0.6) is 0 Å². The molecule has 5 heterocycles. The minimum atomic E-state index is 0.0343. The molecule has 1 amide bonds. The fraction of sp³-hybridized carbons (Fsp3) is 0.458. The number of hydrogen-bond acceptors (Lipinski definition) is 5. The van der Waals surface area contributed by atoms with Gasteiger partial charge >= 0.3 is 0 Å². The molecule has 5 rings (SSSR count). The molecule has 8 heteroatoms. The Morgan fingerprint density at radius 3 is 2.53 bits per heavy atom. The average Bonchev–Trinajstić information content (AvgIpc) is 3.16. The summed E-state index contributed by atoms with van der Waals surface area (Å²) >= 11 is 0. The van der Waals surface area contributed by atoms with Crippen LogP contribution in [0.1, 0.15) is 37.9 Å². The van der Waals surface area contributed by atoms with Gasteiger partial charge in [0.1, 0.15) is 0 Å². The highest BCUT2D eigenvalue weighted by molar-refractivity contribution is 7.51. The molecule has 0 N–H and O–H groups in total. The summed E-state index contributed by atoms with van der Waals surface area (Å²) in [5.74, 6) is 0.103. The van der Waals surface area contributed by atoms with E-state index >= 15 is 0 Å². The van der Waals surface area contributed by atoms with Crippen LogP contribution < -0.4 is 0 Å². The highest BCUT2D eigenvalue weighted by Crippen LogP contribution is 2.47. The molecule has 0 radical (unpaired) electrons. The average molecular weight is 451 g/mol. The fourth-order valence-electron chi connectivity index (χ4n) is 4.91. The zero-order valence-corrected chi connectivity index (χ0v) is 20.6. The Hall–Kier alpha value is -2.50. The molecule has 1 saturated heterocycles. The molecular formula is C24H31N6OP. The lowest BCUT2D eigenvalue weighted by Gasteiger charge is -2.46. The molecule has 0 saturated carbocycles. The predicted molar refractivity (Wildman–Crippen MR) is 129 cm³/mol. The Labute approximate surface area is 191 Å². The van der Waals surface area contributed by atoms with Crippen molar-refractivity contribution in [1.29, 1.82) is 0 Å². The lowest BCUT2D eigenvalue weighted by atomic mass is 10.1. The number of fused-ring (bicyclic) bond motifs is 2. The number of piperazine rings is 1. The molecule has 1 fully saturated rings. The van der Waals surface area contributed by atoms with Crippen LogP contribution >= 0.6 is 8.58 Å². The SMILES string of the molecule is CC1=CC(N2CC(C)N(C)C(C)C2)=CN2C(=O)C=C(c3cc4c(C)nc(C)cn4n3)PC12. The van der Waals surface area contributed by atoms with Crippen molar-refractivity contribution >= 4 is 25.3 Å². The number of amides is 1. The highest BCUT2D eigenvalue weighted by Gasteiger charge is 2.35. The second kappa shape index (κ2) is 7.82. The normalized spacial score (nSPS) is 27.5. The van der Waals surface area contributed by atoms with Crippen LogP contribution in [0.3, 0.4) is 0 Å². The number of carbonyl (C=O) groups excluding carboxylic acids is 1. The van der Waals surface area contributed by atoms with E-state index in [-0.39, 0.29) is 11.7 Å². The van der Waals surface area contributed by atoms with Gasteiger partial charge < -0.3 is 9.80 Å². The minimum absolute atomic E-state index is 0.0343. The largest absolute Gasteiger partial charge is 0.367 e. The van der Waals surface area contributed by atoms with Gasteiger partial charge in [-0.2, -0.15) is 5.10 Å². The Morgan fingerprint density at radius 2 is 1.81 bits per heavy atom. The van der Waals surface area contributed by atoms with E-state index in [1.807, 2.05) is 29.5 Å². The van der Waals surface area contributed by atoms with Gasteiger partial charge in [0.25, 0.3) is 5.91 Å². The second-order valence-electron chi connectivity index (χ2n) is 9.39. The van der Waals surface area contributed by atoms with E-state index < -0.39 is 0 Å². The van der Waals surface area contributed by atoms with Gasteiger partial charge in [0.15, 0.2) is 0 Å². The molecule has 3 aliphatic rings. The Bertz CT molecular complexity index is 1180. The number of carbonyl (C=O) groups is 1. The van der Waals surface area contributed by atoms with Gasteiger partial charge in [-0.3, -0.25) is 14.7 Å². The van der Waals surface area contributed by atoms with Crippen LogP contribution in [-0.2, 0) is 4.79 Å². The molecular weight excluding hydrogens is 419 g/mol. The topological polar surface area (TPSA) is 57.0 Å². The summed E-state index contributed by atoms with van der Waals surface area (Å²) in [5.41, 5.74) is 6.12. The Morgan fingerprint density at radius 1 is 1.09 bits per heavy atom. The maximum Gasteiger partial charge on any atom is 0.252 e. The van der Waals surface area contributed by atoms with E-state index in [0.29, 0.717) is 20.7 Å². The van der Waals surface area contributed by atoms with E-state index in [4.69, 9.17) is 5.10 Å². The van der Waals surface area contributed by atoms with Crippen molar-refractivity contribution in [1.82, 2.24) is 29.3 Å². The van der Waals surface area contributed by atoms with Crippen LogP contribution in [0.25, 0.3) is 10.8 Å². The first-order valence-electron chi connectivity index (χ1n) is 11.2. The number of nitrogens with zero attached hydrogens (tertiary/aromatic N) is 6. The van der Waals surface area contributed by atoms with Gasteiger partial charge in [-0.05, 0) is 59.4 Å². The highest BCUT2D eigenvalue weighted by atomic mass is 31.1. The molecule has 0 bridgehead atoms. The maximum absolute atomic E-state index is 13.2. The van der Waals surface area contributed by atoms with Crippen molar-refractivity contribution in [3.63, 3.8) is 0 Å². The van der Waals surface area contributed by atoms with Gasteiger partial charge in [-0.15, -0.1) is 0 Å². The summed E-state index contributed by atoms with van der Waals surface area (Å²) in [6.07, 6.45) is 8.04. The van der Waals surface area contributed by atoms with E-state index in [0.717, 1.165) is 46.7 Å². The number of likely N-dealkylation sites (N-methyl/N-ethyl adjacent to an activating group) is 1. The number of aromatic nitrogens is 3. The van der Waals surface area contributed by atoms with Crippen molar-refractivity contribution in [3.05, 3.63) is 59.0 Å². The summed E-state index contributed by atoms with van der Waals surface area (Å²) < 4.78 is 1.88. The summed E-state index contributed by atoms with van der Waals surface area (Å²) in [5, 5.41) is 5.78. The lowest BCUT2D eigenvalue weighted by Crippen LogP contribution is -2.54. The third kappa shape index (κ3) is 3.57. The third-order valence-corrected chi connectivity index (χ3v) is 8.65. The van der Waals surface area contributed by atoms with E-state index in [2.05, 4.69) is 60.9 Å². The van der Waals surface area contributed by atoms with E-state index in [1.54, 1.807) is 6.08 Å². The van der Waals surface area contributed by atoms with Crippen molar-refractivity contribution < 1.29 is 4.79 Å². The first-order chi connectivity index (χ1) is 15.2. The van der Waals surface area contributed by atoms with Gasteiger partial charge in [0, 0.05) is 42.8 Å². The molecule has 2 aromatic heterocycles. The standard InChI is InChI=1S/C24H31N6OP/c1-14-7-19(28-11-16(3)27(6)17(4)12-28)13-29-23(31)9-22(32-24(14)29)20-8-21-18(5)25-15(2)10-30(21)26-20/h7-10,13,16-17,24,32H,11-12H2,1-6H3. The molecule has 3 aliphatic heterocycles. The van der Waals surface area contributed by atoms with Crippen LogP contribution in [0.4, 0.5) is 0 Å². The smallest absolute Gasteiger partial charge is 0.252 e. The number of hydrogen-bond donors (Lipinski definition) is 0. The fourth-order valence-corrected chi connectivity index (χ4v) is 6.33. The molecule has 4 unspecified atom stereocenters. The monoisotopic (exact) mass is 450 g/mol. The zero-order chi connectivity index (χ0) is 22.7. The molecule has 2 aromatic rings. The van der Waals surface area contributed by atoms with Crippen molar-refractivity contribution in [2.75, 3.05) is 20.1 Å². The zero-order valence-electron chi connectivity index (χ0n) is 19.6. The quantitative estimate of drug-likeness (QED) is 0.657. The van der Waals surface area contributed by atoms with Crippen LogP contribution in [0.15, 0.2) is 41.9 Å².